The van der Waals surface area contributed by atoms with Crippen molar-refractivity contribution in [3.63, 3.8) is 0 Å². The monoisotopic (exact) mass is 319 g/mol. The maximum absolute atomic E-state index is 4.22. The summed E-state index contributed by atoms with van der Waals surface area (Å²) < 4.78 is 0. The molecule has 1 saturated heterocycles. The summed E-state index contributed by atoms with van der Waals surface area (Å²) in [6.07, 6.45) is 7.09. The molecule has 0 saturated carbocycles. The summed E-state index contributed by atoms with van der Waals surface area (Å²) in [5, 5.41) is 10.6. The molecule has 19 heavy (non-hydrogen) atoms. The zero-order valence-electron chi connectivity index (χ0n) is 10.9. The molecule has 1 aliphatic rings. The molecule has 4 heteroatoms. The Bertz CT molecular complexity index is 553. The zero-order chi connectivity index (χ0) is 13.1. The highest BCUT2D eigenvalue weighted by molar-refractivity contribution is 9.09. The van der Waals surface area contributed by atoms with E-state index in [0.29, 0.717) is 6.04 Å². The van der Waals surface area contributed by atoms with E-state index in [1.54, 1.807) is 0 Å². The minimum absolute atomic E-state index is 0.565. The van der Waals surface area contributed by atoms with Crippen LogP contribution in [0.3, 0.4) is 0 Å². The molecule has 2 aromatic rings. The molecule has 1 unspecified atom stereocenters. The molecule has 0 radical (unpaired) electrons. The van der Waals surface area contributed by atoms with Crippen LogP contribution in [0, 0.1) is 0 Å². The van der Waals surface area contributed by atoms with Crippen molar-refractivity contribution in [3.8, 4) is 0 Å². The maximum atomic E-state index is 4.22. The van der Waals surface area contributed by atoms with E-state index in [4.69, 9.17) is 0 Å². The Morgan fingerprint density at radius 3 is 3.00 bits per heavy atom. The first-order valence-electron chi connectivity index (χ1n) is 6.93. The van der Waals surface area contributed by atoms with Crippen molar-refractivity contribution in [2.75, 3.05) is 16.8 Å². The van der Waals surface area contributed by atoms with Gasteiger partial charge in [0, 0.05) is 23.3 Å². The number of anilines is 1. The Labute approximate surface area is 122 Å². The number of benzene rings is 1. The smallest absolute Gasteiger partial charge is 0.0950 e. The standard InChI is InChI=1S/C15H18BrN3/c16-10-12-6-2-1-5-9-19(12)15-11-17-18-14-8-4-3-7-13(14)15/h3-4,7-8,11-12H,1-2,5-6,9-10H2. The second-order valence-electron chi connectivity index (χ2n) is 5.10. The molecule has 1 aromatic heterocycles. The van der Waals surface area contributed by atoms with Crippen LogP contribution < -0.4 is 4.90 Å². The molecule has 0 amide bonds. The van der Waals surface area contributed by atoms with Gasteiger partial charge >= 0.3 is 0 Å². The molecule has 0 bridgehead atoms. The SMILES string of the molecule is BrCC1CCCCCN1c1cnnc2ccccc12. The van der Waals surface area contributed by atoms with Gasteiger partial charge in [0.1, 0.15) is 0 Å². The van der Waals surface area contributed by atoms with Gasteiger partial charge in [0.25, 0.3) is 0 Å². The molecule has 100 valence electrons. The van der Waals surface area contributed by atoms with Gasteiger partial charge in [-0.1, -0.05) is 47.0 Å². The normalized spacial score (nSPS) is 20.5. The van der Waals surface area contributed by atoms with E-state index in [1.807, 2.05) is 18.3 Å². The van der Waals surface area contributed by atoms with Crippen LogP contribution >= 0.6 is 15.9 Å². The van der Waals surface area contributed by atoms with Crippen molar-refractivity contribution in [2.24, 2.45) is 0 Å². The number of fused-ring (bicyclic) bond motifs is 1. The fourth-order valence-electron chi connectivity index (χ4n) is 2.88. The van der Waals surface area contributed by atoms with Crippen LogP contribution in [0.4, 0.5) is 5.69 Å². The first-order valence-corrected chi connectivity index (χ1v) is 8.05. The summed E-state index contributed by atoms with van der Waals surface area (Å²) in [7, 11) is 0. The van der Waals surface area contributed by atoms with Crippen LogP contribution in [-0.4, -0.2) is 28.1 Å². The lowest BCUT2D eigenvalue weighted by molar-refractivity contribution is 0.627. The Hall–Kier alpha value is -1.16. The largest absolute Gasteiger partial charge is 0.366 e. The predicted octanol–water partition coefficient (Wildman–Crippen LogP) is 3.77. The van der Waals surface area contributed by atoms with Crippen molar-refractivity contribution >= 4 is 32.5 Å². The number of hydrogen-bond donors (Lipinski definition) is 0. The van der Waals surface area contributed by atoms with Gasteiger partial charge in [-0.3, -0.25) is 0 Å². The molecule has 0 spiro atoms. The Morgan fingerprint density at radius 2 is 2.11 bits per heavy atom. The van der Waals surface area contributed by atoms with E-state index >= 15 is 0 Å². The predicted molar refractivity (Wildman–Crippen MR) is 82.9 cm³/mol. The highest BCUT2D eigenvalue weighted by atomic mass is 79.9. The number of alkyl halides is 1. The second kappa shape index (κ2) is 5.87. The Balaban J connectivity index is 2.06. The number of halogens is 1. The second-order valence-corrected chi connectivity index (χ2v) is 5.75. The summed E-state index contributed by atoms with van der Waals surface area (Å²) >= 11 is 3.67. The molecule has 2 heterocycles. The van der Waals surface area contributed by atoms with Crippen LogP contribution in [0.1, 0.15) is 25.7 Å². The molecule has 1 aromatic carbocycles. The topological polar surface area (TPSA) is 29.0 Å². The summed E-state index contributed by atoms with van der Waals surface area (Å²) in [6.45, 7) is 1.12. The van der Waals surface area contributed by atoms with Crippen molar-refractivity contribution in [1.82, 2.24) is 10.2 Å². The van der Waals surface area contributed by atoms with Crippen molar-refractivity contribution in [3.05, 3.63) is 30.5 Å². The van der Waals surface area contributed by atoms with Crippen LogP contribution in [0.5, 0.6) is 0 Å². The van der Waals surface area contributed by atoms with E-state index in [-0.39, 0.29) is 0 Å². The van der Waals surface area contributed by atoms with Gasteiger partial charge in [0.15, 0.2) is 0 Å². The van der Waals surface area contributed by atoms with E-state index in [0.717, 1.165) is 17.4 Å². The average molecular weight is 320 g/mol. The van der Waals surface area contributed by atoms with Crippen molar-refractivity contribution < 1.29 is 0 Å². The molecule has 0 N–H and O–H groups in total. The lowest BCUT2D eigenvalue weighted by atomic mass is 10.1. The fourth-order valence-corrected chi connectivity index (χ4v) is 3.55. The average Bonchev–Trinajstić information content (AvgIpc) is 2.71. The fraction of sp³-hybridized carbons (Fsp3) is 0.467. The van der Waals surface area contributed by atoms with Crippen LogP contribution in [0.15, 0.2) is 30.5 Å². The van der Waals surface area contributed by atoms with Crippen molar-refractivity contribution in [1.29, 1.82) is 0 Å². The highest BCUT2D eigenvalue weighted by Gasteiger charge is 2.22. The summed E-state index contributed by atoms with van der Waals surface area (Å²) in [5.41, 5.74) is 2.22. The molecule has 3 rings (SSSR count). The molecule has 0 aliphatic carbocycles. The minimum atomic E-state index is 0.565. The van der Waals surface area contributed by atoms with Crippen molar-refractivity contribution in [2.45, 2.75) is 31.7 Å². The molecule has 1 fully saturated rings. The Kier molecular flexibility index (Phi) is 3.97. The van der Waals surface area contributed by atoms with Gasteiger partial charge in [0.05, 0.1) is 17.4 Å². The lowest BCUT2D eigenvalue weighted by Crippen LogP contribution is -2.36. The zero-order valence-corrected chi connectivity index (χ0v) is 12.5. The Morgan fingerprint density at radius 1 is 1.21 bits per heavy atom. The van der Waals surface area contributed by atoms with Crippen LogP contribution in [0.25, 0.3) is 10.9 Å². The van der Waals surface area contributed by atoms with Gasteiger partial charge < -0.3 is 4.90 Å². The van der Waals surface area contributed by atoms with Crippen LogP contribution in [-0.2, 0) is 0 Å². The first kappa shape index (κ1) is 12.9. The number of nitrogens with zero attached hydrogens (tertiary/aromatic N) is 3. The summed E-state index contributed by atoms with van der Waals surface area (Å²) in [4.78, 5) is 2.51. The summed E-state index contributed by atoms with van der Waals surface area (Å²) in [6, 6.07) is 8.84. The molecule has 1 aliphatic heterocycles. The van der Waals surface area contributed by atoms with Crippen LogP contribution in [0.2, 0.25) is 0 Å². The minimum Gasteiger partial charge on any atom is -0.366 e. The van der Waals surface area contributed by atoms with Gasteiger partial charge in [-0.05, 0) is 18.9 Å². The number of rotatable bonds is 2. The molecule has 3 nitrogen and oxygen atoms in total. The third-order valence-corrected chi connectivity index (χ3v) is 4.64. The molecular formula is C15H18BrN3. The lowest BCUT2D eigenvalue weighted by Gasteiger charge is -2.31. The van der Waals surface area contributed by atoms with E-state index in [9.17, 15) is 0 Å². The number of hydrogen-bond acceptors (Lipinski definition) is 3. The highest BCUT2D eigenvalue weighted by Crippen LogP contribution is 2.30. The van der Waals surface area contributed by atoms with Gasteiger partial charge in [0.2, 0.25) is 0 Å². The summed E-state index contributed by atoms with van der Waals surface area (Å²) in [5.74, 6) is 0. The van der Waals surface area contributed by atoms with E-state index < -0.39 is 0 Å². The van der Waals surface area contributed by atoms with Gasteiger partial charge in [-0.15, -0.1) is 0 Å². The maximum Gasteiger partial charge on any atom is 0.0950 e. The van der Waals surface area contributed by atoms with E-state index in [2.05, 4.69) is 43.2 Å². The quantitative estimate of drug-likeness (QED) is 0.789. The molecule has 1 atom stereocenters. The van der Waals surface area contributed by atoms with Gasteiger partial charge in [-0.25, -0.2) is 0 Å². The third-order valence-electron chi connectivity index (χ3n) is 3.89. The van der Waals surface area contributed by atoms with Gasteiger partial charge in [-0.2, -0.15) is 10.2 Å². The third kappa shape index (κ3) is 2.59. The molecular weight excluding hydrogens is 302 g/mol. The first-order chi connectivity index (χ1) is 9.40. The van der Waals surface area contributed by atoms with E-state index in [1.165, 1.54) is 36.8 Å². The number of aromatic nitrogens is 2.